The van der Waals surface area contributed by atoms with Gasteiger partial charge in [0.25, 0.3) is 0 Å². The van der Waals surface area contributed by atoms with Crippen molar-refractivity contribution < 1.29 is 32.2 Å². The predicted molar refractivity (Wildman–Crippen MR) is 139 cm³/mol. The van der Waals surface area contributed by atoms with Crippen molar-refractivity contribution in [3.63, 3.8) is 0 Å². The maximum Gasteiger partial charge on any atom is 0.417 e. The zero-order valence-corrected chi connectivity index (χ0v) is 21.7. The molecule has 1 N–H and O–H groups in total. The molecule has 0 radical (unpaired) electrons. The molecule has 1 spiro atoms. The number of hydrogen-bond donors (Lipinski definition) is 1. The van der Waals surface area contributed by atoms with Gasteiger partial charge in [-0.05, 0) is 29.8 Å². The number of benzene rings is 2. The molecule has 6 rings (SSSR count). The third kappa shape index (κ3) is 4.48. The molecule has 12 heteroatoms. The van der Waals surface area contributed by atoms with E-state index in [9.17, 15) is 27.5 Å². The molecule has 2 aromatic carbocycles. The number of aliphatic hydroxyl groups is 1. The Morgan fingerprint density at radius 3 is 2.46 bits per heavy atom. The highest BCUT2D eigenvalue weighted by Gasteiger charge is 2.48. The highest BCUT2D eigenvalue weighted by atomic mass is 32.2. The van der Waals surface area contributed by atoms with Gasteiger partial charge in [-0.3, -0.25) is 4.79 Å². The number of anilines is 1. The van der Waals surface area contributed by atoms with Crippen molar-refractivity contribution in [3.8, 4) is 11.1 Å². The van der Waals surface area contributed by atoms with Crippen molar-refractivity contribution >= 4 is 29.2 Å². The molecule has 4 aliphatic heterocycles. The Balaban J connectivity index is 1.53. The molecule has 4 heterocycles. The fraction of sp³-hybridized carbons (Fsp3) is 0.407. The second kappa shape index (κ2) is 9.53. The van der Waals surface area contributed by atoms with Crippen molar-refractivity contribution in [3.05, 3.63) is 59.9 Å². The Morgan fingerprint density at radius 2 is 1.87 bits per heavy atom. The van der Waals surface area contributed by atoms with Crippen LogP contribution in [0, 0.1) is 11.2 Å². The van der Waals surface area contributed by atoms with Crippen LogP contribution in [0.15, 0.2) is 52.9 Å². The number of thioether (sulfide) groups is 1. The lowest BCUT2D eigenvalue weighted by atomic mass is 9.86. The van der Waals surface area contributed by atoms with E-state index in [0.29, 0.717) is 62.3 Å². The van der Waals surface area contributed by atoms with Crippen molar-refractivity contribution in [2.24, 2.45) is 10.4 Å². The lowest BCUT2D eigenvalue weighted by Crippen LogP contribution is -2.56. The number of aliphatic imine (C=N–C) groups is 1. The summed E-state index contributed by atoms with van der Waals surface area (Å²) in [6.07, 6.45) is -4.79. The van der Waals surface area contributed by atoms with E-state index in [4.69, 9.17) is 4.74 Å². The summed E-state index contributed by atoms with van der Waals surface area (Å²) in [5, 5.41) is 11.3. The summed E-state index contributed by atoms with van der Waals surface area (Å²) in [4.78, 5) is 22.0. The van der Waals surface area contributed by atoms with Gasteiger partial charge in [-0.25, -0.2) is 9.38 Å². The number of ether oxygens (including phenoxy) is 1. The molecule has 7 nitrogen and oxygen atoms in total. The van der Waals surface area contributed by atoms with Gasteiger partial charge in [0.15, 0.2) is 0 Å². The number of amidine groups is 1. The number of piperazine rings is 1. The van der Waals surface area contributed by atoms with Crippen LogP contribution in [0.2, 0.25) is 0 Å². The second-order valence-corrected chi connectivity index (χ2v) is 11.2. The van der Waals surface area contributed by atoms with E-state index >= 15 is 0 Å². The van der Waals surface area contributed by atoms with Crippen LogP contribution in [0.4, 0.5) is 23.2 Å². The first-order chi connectivity index (χ1) is 18.6. The second-order valence-electron chi connectivity index (χ2n) is 10.3. The summed E-state index contributed by atoms with van der Waals surface area (Å²) < 4.78 is 63.3. The van der Waals surface area contributed by atoms with Crippen molar-refractivity contribution in [2.45, 2.75) is 17.4 Å². The molecular formula is C27H26F4N4O3S. The summed E-state index contributed by atoms with van der Waals surface area (Å²) in [7, 11) is 0. The summed E-state index contributed by atoms with van der Waals surface area (Å²) in [6.45, 7) is 6.12. The molecule has 1 amide bonds. The molecule has 2 saturated heterocycles. The van der Waals surface area contributed by atoms with Crippen LogP contribution in [0.5, 0.6) is 0 Å². The van der Waals surface area contributed by atoms with Crippen LogP contribution in [0.25, 0.3) is 11.1 Å². The number of carbonyl (C=O) groups is 1. The first-order valence-electron chi connectivity index (χ1n) is 12.5. The summed E-state index contributed by atoms with van der Waals surface area (Å²) in [5.74, 6) is -0.00329. The van der Waals surface area contributed by atoms with E-state index in [0.717, 1.165) is 18.2 Å². The average molecular weight is 563 g/mol. The quantitative estimate of drug-likeness (QED) is 0.444. The topological polar surface area (TPSA) is 68.6 Å². The van der Waals surface area contributed by atoms with Crippen molar-refractivity contribution in [1.29, 1.82) is 0 Å². The average Bonchev–Trinajstić information content (AvgIpc) is 3.09. The van der Waals surface area contributed by atoms with Crippen LogP contribution in [-0.4, -0.2) is 84.7 Å². The molecule has 4 aliphatic rings. The van der Waals surface area contributed by atoms with Crippen molar-refractivity contribution in [2.75, 3.05) is 56.6 Å². The minimum Gasteiger partial charge on any atom is -0.380 e. The van der Waals surface area contributed by atoms with Crippen LogP contribution in [-0.2, 0) is 15.7 Å². The third-order valence-electron chi connectivity index (χ3n) is 7.65. The standard InChI is InChI=1S/C27H26F4N4O3S/c1-2-20(36)33-7-9-34(10-8-33)24-18-11-19(27(29,30)31)21(16-3-5-17(28)6-4-16)23-22(18)35(25(37)32-24)12-26(15-39-23)13-38-14-26/h2-6,11,25,37H,1,7-10,12-15H2. The maximum atomic E-state index is 14.7. The van der Waals surface area contributed by atoms with E-state index in [1.165, 1.54) is 30.0 Å². The molecule has 1 unspecified atom stereocenters. The number of nitrogens with zero attached hydrogens (tertiary/aromatic N) is 4. The van der Waals surface area contributed by atoms with E-state index < -0.39 is 23.9 Å². The van der Waals surface area contributed by atoms with Gasteiger partial charge in [0.05, 0.1) is 24.5 Å². The van der Waals surface area contributed by atoms with Gasteiger partial charge in [0.1, 0.15) is 11.7 Å². The van der Waals surface area contributed by atoms with Crippen LogP contribution < -0.4 is 4.90 Å². The zero-order chi connectivity index (χ0) is 27.5. The van der Waals surface area contributed by atoms with Crippen molar-refractivity contribution in [1.82, 2.24) is 9.80 Å². The molecule has 2 fully saturated rings. The van der Waals surface area contributed by atoms with Crippen LogP contribution in [0.1, 0.15) is 11.1 Å². The third-order valence-corrected chi connectivity index (χ3v) is 9.09. The maximum absolute atomic E-state index is 14.7. The largest absolute Gasteiger partial charge is 0.417 e. The first-order valence-corrected chi connectivity index (χ1v) is 13.5. The molecule has 206 valence electrons. The Morgan fingerprint density at radius 1 is 1.18 bits per heavy atom. The lowest BCUT2D eigenvalue weighted by molar-refractivity contribution is -0.137. The number of alkyl halides is 3. The minimum atomic E-state index is -4.71. The summed E-state index contributed by atoms with van der Waals surface area (Å²) in [5.41, 5.74) is -0.224. The van der Waals surface area contributed by atoms with E-state index in [1.807, 2.05) is 4.90 Å². The van der Waals surface area contributed by atoms with Gasteiger partial charge in [-0.2, -0.15) is 13.2 Å². The lowest BCUT2D eigenvalue weighted by Gasteiger charge is -2.46. The summed E-state index contributed by atoms with van der Waals surface area (Å²) >= 11 is 1.31. The van der Waals surface area contributed by atoms with Gasteiger partial charge < -0.3 is 24.5 Å². The van der Waals surface area contributed by atoms with Gasteiger partial charge in [-0.1, -0.05) is 18.7 Å². The van der Waals surface area contributed by atoms with Gasteiger partial charge in [-0.15, -0.1) is 11.8 Å². The normalized spacial score (nSPS) is 22.1. The monoisotopic (exact) mass is 562 g/mol. The number of carbonyl (C=O) groups excluding carboxylic acids is 1. The van der Waals surface area contributed by atoms with Crippen LogP contribution >= 0.6 is 11.8 Å². The number of halogens is 4. The first kappa shape index (κ1) is 26.1. The smallest absolute Gasteiger partial charge is 0.380 e. The summed E-state index contributed by atoms with van der Waals surface area (Å²) in [6, 6.07) is 6.10. The molecule has 0 aliphatic carbocycles. The Bertz CT molecular complexity index is 1350. The number of hydrogen-bond acceptors (Lipinski definition) is 7. The number of aliphatic hydroxyl groups excluding tert-OH is 1. The van der Waals surface area contributed by atoms with Gasteiger partial charge in [0.2, 0.25) is 12.3 Å². The highest BCUT2D eigenvalue weighted by Crippen LogP contribution is 2.54. The molecule has 39 heavy (non-hydrogen) atoms. The van der Waals surface area contributed by atoms with Gasteiger partial charge in [0, 0.05) is 59.9 Å². The van der Waals surface area contributed by atoms with E-state index in [-0.39, 0.29) is 33.8 Å². The molecule has 0 aromatic heterocycles. The van der Waals surface area contributed by atoms with E-state index in [1.54, 1.807) is 9.80 Å². The highest BCUT2D eigenvalue weighted by molar-refractivity contribution is 7.99. The molecule has 2 aromatic rings. The Labute approximate surface area is 226 Å². The zero-order valence-electron chi connectivity index (χ0n) is 20.9. The fourth-order valence-electron chi connectivity index (χ4n) is 5.61. The van der Waals surface area contributed by atoms with E-state index in [2.05, 4.69) is 11.6 Å². The molecular weight excluding hydrogens is 536 g/mol. The Kier molecular flexibility index (Phi) is 6.39. The molecule has 0 bridgehead atoms. The van der Waals surface area contributed by atoms with Crippen LogP contribution in [0.3, 0.4) is 0 Å². The molecule has 1 atom stereocenters. The van der Waals surface area contributed by atoms with Gasteiger partial charge >= 0.3 is 6.18 Å². The predicted octanol–water partition coefficient (Wildman–Crippen LogP) is 3.81. The fourth-order valence-corrected chi connectivity index (χ4v) is 7.06. The minimum absolute atomic E-state index is 0.0385. The Hall–Kier alpha value is -3.09. The number of amides is 1. The molecule has 0 saturated carbocycles. The number of rotatable bonds is 2. The SMILES string of the molecule is C=CC(=O)N1CCN(C2=NC(O)N3CC4(COC4)CSc4c(-c5ccc(F)cc5)c(C(F)(F)F)cc2c43)CC1.